The fourth-order valence-corrected chi connectivity index (χ4v) is 8.18. The number of ketones is 2. The molecule has 2 aliphatic rings. The van der Waals surface area contributed by atoms with Crippen LogP contribution >= 0.6 is 0 Å². The van der Waals surface area contributed by atoms with E-state index in [-0.39, 0.29) is 48.0 Å². The third-order valence-corrected chi connectivity index (χ3v) is 11.4. The molecule has 2 aliphatic heterocycles. The smallest absolute Gasteiger partial charge is 0.247 e. The van der Waals surface area contributed by atoms with Gasteiger partial charge in [-0.05, 0) is 80.7 Å². The second-order valence-corrected chi connectivity index (χ2v) is 16.0. The largest absolute Gasteiger partial charge is 0.346 e. The summed E-state index contributed by atoms with van der Waals surface area (Å²) in [6.07, 6.45) is 3.85. The molecular formula is C45H60N6O5. The maximum Gasteiger partial charge on any atom is 0.247 e. The molecule has 3 aromatic carbocycles. The zero-order valence-electron chi connectivity index (χ0n) is 33.0. The predicted molar refractivity (Wildman–Crippen MR) is 219 cm³/mol. The number of anilines is 1. The molecule has 2 heterocycles. The van der Waals surface area contributed by atoms with Crippen molar-refractivity contribution in [3.8, 4) is 0 Å². The maximum absolute atomic E-state index is 14.3. The second-order valence-electron chi connectivity index (χ2n) is 16.0. The number of nitrogens with zero attached hydrogens (tertiary/aromatic N) is 2. The Bertz CT molecular complexity index is 1750. The Hall–Kier alpha value is -4.87. The van der Waals surface area contributed by atoms with Gasteiger partial charge in [0.15, 0.2) is 11.6 Å². The van der Waals surface area contributed by atoms with Crippen LogP contribution in [0.1, 0.15) is 76.3 Å². The van der Waals surface area contributed by atoms with Crippen LogP contribution in [0.15, 0.2) is 91.0 Å². The number of Topliss-reactive ketones (excluding diaryl/α,β-unsaturated/α-hetero) is 2. The molecule has 0 saturated carbocycles. The van der Waals surface area contributed by atoms with Crippen LogP contribution in [-0.2, 0) is 36.8 Å². The highest BCUT2D eigenvalue weighted by Gasteiger charge is 2.51. The van der Waals surface area contributed by atoms with Crippen LogP contribution in [0.4, 0.5) is 5.69 Å². The summed E-state index contributed by atoms with van der Waals surface area (Å²) in [5.41, 5.74) is 14.3. The Morgan fingerprint density at radius 2 is 1.36 bits per heavy atom. The molecule has 0 radical (unpaired) electrons. The lowest BCUT2D eigenvalue weighted by Gasteiger charge is -2.44. The van der Waals surface area contributed by atoms with Gasteiger partial charge in [-0.2, -0.15) is 0 Å². The van der Waals surface area contributed by atoms with Gasteiger partial charge in [0, 0.05) is 43.5 Å². The average molecular weight is 765 g/mol. The van der Waals surface area contributed by atoms with Gasteiger partial charge in [-0.3, -0.25) is 24.0 Å². The zero-order chi connectivity index (χ0) is 40.1. The van der Waals surface area contributed by atoms with Crippen molar-refractivity contribution in [3.63, 3.8) is 0 Å². The number of amides is 3. The number of nitrogens with one attached hydrogen (secondary N) is 2. The van der Waals surface area contributed by atoms with Gasteiger partial charge in [0.05, 0.1) is 18.8 Å². The Labute approximate surface area is 331 Å². The normalized spacial score (nSPS) is 17.3. The molecule has 0 aromatic heterocycles. The van der Waals surface area contributed by atoms with Crippen LogP contribution in [0, 0.1) is 17.8 Å². The van der Waals surface area contributed by atoms with Crippen LogP contribution in [0.2, 0.25) is 0 Å². The van der Waals surface area contributed by atoms with Crippen molar-refractivity contribution in [2.24, 2.45) is 29.2 Å². The van der Waals surface area contributed by atoms with Crippen molar-refractivity contribution >= 4 is 35.0 Å². The molecule has 0 unspecified atom stereocenters. The lowest BCUT2D eigenvalue weighted by Crippen LogP contribution is -2.58. The van der Waals surface area contributed by atoms with Crippen molar-refractivity contribution in [2.75, 3.05) is 31.2 Å². The number of likely N-dealkylation sites (tertiary alicyclic amines) is 1. The summed E-state index contributed by atoms with van der Waals surface area (Å²) in [7, 11) is 0. The van der Waals surface area contributed by atoms with E-state index in [4.69, 9.17) is 11.5 Å². The van der Waals surface area contributed by atoms with E-state index in [0.717, 1.165) is 23.2 Å². The molecule has 3 amide bonds. The van der Waals surface area contributed by atoms with Crippen LogP contribution in [0.3, 0.4) is 0 Å². The minimum atomic E-state index is -0.829. The van der Waals surface area contributed by atoms with E-state index in [1.807, 2.05) is 105 Å². The van der Waals surface area contributed by atoms with Gasteiger partial charge < -0.3 is 31.9 Å². The Kier molecular flexibility index (Phi) is 15.4. The first-order chi connectivity index (χ1) is 27.0. The van der Waals surface area contributed by atoms with Crippen LogP contribution < -0.4 is 27.0 Å². The lowest BCUT2D eigenvalue weighted by molar-refractivity contribution is -0.141. The van der Waals surface area contributed by atoms with Crippen LogP contribution in [0.5, 0.6) is 0 Å². The first kappa shape index (κ1) is 42.3. The molecule has 11 heteroatoms. The molecule has 2 saturated heterocycles. The Balaban J connectivity index is 1.28. The van der Waals surface area contributed by atoms with E-state index in [1.165, 1.54) is 0 Å². The first-order valence-corrected chi connectivity index (χ1v) is 20.3. The summed E-state index contributed by atoms with van der Waals surface area (Å²) in [4.78, 5) is 73.3. The number of unbranched alkanes of at least 4 members (excludes halogenated alkanes) is 1. The predicted octanol–water partition coefficient (Wildman–Crippen LogP) is 4.56. The number of para-hydroxylation sites is 1. The van der Waals surface area contributed by atoms with Crippen LogP contribution in [-0.4, -0.2) is 78.1 Å². The Morgan fingerprint density at radius 1 is 0.786 bits per heavy atom. The monoisotopic (exact) mass is 764 g/mol. The number of carbonyl (C=O) groups excluding carboxylic acids is 5. The summed E-state index contributed by atoms with van der Waals surface area (Å²) in [5.74, 6) is -2.18. The Morgan fingerprint density at radius 3 is 1.95 bits per heavy atom. The standard InChI is InChI=1S/C45H60N6O5/c1-32(2)26-39(49-42(54)36(27-33-14-6-3-7-15-33)30-40(52)38(47)28-34-16-8-4-9-17-34)41(53)29-35(18-12-13-23-46)43(55)50-24-21-45(22-25-50)44(56)48-31-51(45)37-19-10-5-11-20-37/h3-11,14-17,19-20,32,35-36,38-39H,12-13,18,21-31,46-47H2,1-2H3,(H,48,56)(H,49,54)/t35-,36-,38+,39+/m0/s1. The number of rotatable bonds is 20. The topological polar surface area (TPSA) is 168 Å². The summed E-state index contributed by atoms with van der Waals surface area (Å²) in [6.45, 7) is 5.66. The number of piperidine rings is 1. The number of carbonyl (C=O) groups is 5. The van der Waals surface area contributed by atoms with E-state index in [2.05, 4.69) is 15.5 Å². The average Bonchev–Trinajstić information content (AvgIpc) is 3.51. The summed E-state index contributed by atoms with van der Waals surface area (Å²) < 4.78 is 0. The third-order valence-electron chi connectivity index (χ3n) is 11.4. The molecule has 0 aliphatic carbocycles. The molecule has 1 spiro atoms. The van der Waals surface area contributed by atoms with Crippen molar-refractivity contribution in [1.29, 1.82) is 0 Å². The molecule has 3 aromatic rings. The van der Waals surface area contributed by atoms with E-state index >= 15 is 0 Å². The molecule has 0 bridgehead atoms. The molecule has 300 valence electrons. The highest BCUT2D eigenvalue weighted by Crippen LogP contribution is 2.37. The number of hydrogen-bond acceptors (Lipinski definition) is 8. The van der Waals surface area contributed by atoms with E-state index in [1.54, 1.807) is 4.90 Å². The molecule has 4 atom stereocenters. The van der Waals surface area contributed by atoms with Gasteiger partial charge in [-0.25, -0.2) is 0 Å². The number of nitrogens with two attached hydrogens (primary N) is 2. The van der Waals surface area contributed by atoms with Crippen molar-refractivity contribution in [1.82, 2.24) is 15.5 Å². The van der Waals surface area contributed by atoms with E-state index < -0.39 is 29.5 Å². The summed E-state index contributed by atoms with van der Waals surface area (Å²) in [6, 6.07) is 27.3. The van der Waals surface area contributed by atoms with Crippen molar-refractivity contribution in [3.05, 3.63) is 102 Å². The quantitative estimate of drug-likeness (QED) is 0.122. The summed E-state index contributed by atoms with van der Waals surface area (Å²) >= 11 is 0. The molecule has 2 fully saturated rings. The molecular weight excluding hydrogens is 705 g/mol. The molecule has 6 N–H and O–H groups in total. The van der Waals surface area contributed by atoms with Gasteiger partial charge in [0.25, 0.3) is 0 Å². The van der Waals surface area contributed by atoms with Gasteiger partial charge in [0.2, 0.25) is 17.7 Å². The SMILES string of the molecule is CC(C)C[C@@H](NC(=O)[C@H](CC(=O)[C@H](N)Cc1ccccc1)Cc1ccccc1)C(=O)C[C@H](CCCCN)C(=O)N1CCC2(CC1)C(=O)NCN2c1ccccc1. The van der Waals surface area contributed by atoms with E-state index in [9.17, 15) is 24.0 Å². The first-order valence-electron chi connectivity index (χ1n) is 20.3. The minimum Gasteiger partial charge on any atom is -0.346 e. The highest BCUT2D eigenvalue weighted by atomic mass is 16.2. The fourth-order valence-electron chi connectivity index (χ4n) is 8.18. The van der Waals surface area contributed by atoms with Gasteiger partial charge in [-0.1, -0.05) is 99.1 Å². The molecule has 56 heavy (non-hydrogen) atoms. The molecule has 5 rings (SSSR count). The van der Waals surface area contributed by atoms with Crippen molar-refractivity contribution < 1.29 is 24.0 Å². The van der Waals surface area contributed by atoms with Gasteiger partial charge in [0.1, 0.15) is 5.54 Å². The van der Waals surface area contributed by atoms with Gasteiger partial charge in [-0.15, -0.1) is 0 Å². The summed E-state index contributed by atoms with van der Waals surface area (Å²) in [5, 5.41) is 6.05. The highest BCUT2D eigenvalue weighted by molar-refractivity contribution is 5.96. The third kappa shape index (κ3) is 11.1. The number of hydrogen-bond donors (Lipinski definition) is 4. The lowest BCUT2D eigenvalue weighted by atomic mass is 9.84. The fraction of sp³-hybridized carbons (Fsp3) is 0.489. The minimum absolute atomic E-state index is 0.0242. The van der Waals surface area contributed by atoms with E-state index in [0.29, 0.717) is 71.2 Å². The van der Waals surface area contributed by atoms with Crippen LogP contribution in [0.25, 0.3) is 0 Å². The maximum atomic E-state index is 14.3. The van der Waals surface area contributed by atoms with Crippen molar-refractivity contribution in [2.45, 2.75) is 95.7 Å². The molecule has 11 nitrogen and oxygen atoms in total. The van der Waals surface area contributed by atoms with Gasteiger partial charge >= 0.3 is 0 Å². The number of benzene rings is 3. The zero-order valence-corrected chi connectivity index (χ0v) is 33.0. The second kappa shape index (κ2) is 20.3.